The molecule has 1 aromatic rings. The second kappa shape index (κ2) is 7.71. The molecule has 0 fully saturated rings. The SMILES string of the molecule is CC(=O)N(CCNC(=O)NC(C)C)Cc1ccc2c(c1)OCO2. The van der Waals surface area contributed by atoms with Crippen molar-refractivity contribution in [3.63, 3.8) is 0 Å². The molecule has 7 nitrogen and oxygen atoms in total. The predicted molar refractivity (Wildman–Crippen MR) is 85.3 cm³/mol. The molecule has 23 heavy (non-hydrogen) atoms. The van der Waals surface area contributed by atoms with Crippen LogP contribution in [0.2, 0.25) is 0 Å². The maximum Gasteiger partial charge on any atom is 0.315 e. The van der Waals surface area contributed by atoms with Crippen LogP contribution in [0, 0.1) is 0 Å². The molecule has 1 aromatic carbocycles. The number of fused-ring (bicyclic) bond motifs is 1. The van der Waals surface area contributed by atoms with Gasteiger partial charge in [0, 0.05) is 32.6 Å². The van der Waals surface area contributed by atoms with Crippen LogP contribution >= 0.6 is 0 Å². The smallest absolute Gasteiger partial charge is 0.315 e. The second-order valence-electron chi connectivity index (χ2n) is 5.68. The maximum atomic E-state index is 11.8. The van der Waals surface area contributed by atoms with Crippen molar-refractivity contribution in [1.29, 1.82) is 0 Å². The Morgan fingerprint density at radius 2 is 2.00 bits per heavy atom. The van der Waals surface area contributed by atoms with Gasteiger partial charge in [0.1, 0.15) is 0 Å². The average Bonchev–Trinajstić information content (AvgIpc) is 2.92. The number of rotatable bonds is 6. The molecule has 0 aromatic heterocycles. The van der Waals surface area contributed by atoms with Crippen LogP contribution in [0.1, 0.15) is 26.3 Å². The van der Waals surface area contributed by atoms with Crippen LogP contribution in [0.4, 0.5) is 4.79 Å². The summed E-state index contributed by atoms with van der Waals surface area (Å²) in [4.78, 5) is 25.0. The van der Waals surface area contributed by atoms with Crippen molar-refractivity contribution < 1.29 is 19.1 Å². The monoisotopic (exact) mass is 321 g/mol. The van der Waals surface area contributed by atoms with Crippen LogP contribution in [-0.4, -0.2) is 42.8 Å². The summed E-state index contributed by atoms with van der Waals surface area (Å²) in [5, 5.41) is 5.48. The van der Waals surface area contributed by atoms with E-state index in [9.17, 15) is 9.59 Å². The lowest BCUT2D eigenvalue weighted by Crippen LogP contribution is -2.43. The van der Waals surface area contributed by atoms with Gasteiger partial charge in [-0.3, -0.25) is 4.79 Å². The highest BCUT2D eigenvalue weighted by molar-refractivity contribution is 5.75. The van der Waals surface area contributed by atoms with Gasteiger partial charge in [0.2, 0.25) is 12.7 Å². The first-order valence-electron chi connectivity index (χ1n) is 7.64. The van der Waals surface area contributed by atoms with Crippen LogP contribution in [0.15, 0.2) is 18.2 Å². The third-order valence-electron chi connectivity index (χ3n) is 3.34. The van der Waals surface area contributed by atoms with E-state index in [1.807, 2.05) is 32.0 Å². The van der Waals surface area contributed by atoms with Gasteiger partial charge in [0.15, 0.2) is 11.5 Å². The van der Waals surface area contributed by atoms with E-state index in [1.54, 1.807) is 4.90 Å². The van der Waals surface area contributed by atoms with Crippen molar-refractivity contribution in [2.45, 2.75) is 33.4 Å². The number of carbonyl (C=O) groups excluding carboxylic acids is 2. The Balaban J connectivity index is 1.86. The van der Waals surface area contributed by atoms with E-state index >= 15 is 0 Å². The van der Waals surface area contributed by atoms with E-state index in [0.717, 1.165) is 11.3 Å². The van der Waals surface area contributed by atoms with Gasteiger partial charge in [-0.1, -0.05) is 6.07 Å². The van der Waals surface area contributed by atoms with Crippen LogP contribution < -0.4 is 20.1 Å². The first kappa shape index (κ1) is 16.9. The Kier molecular flexibility index (Phi) is 5.67. The molecule has 2 N–H and O–H groups in total. The van der Waals surface area contributed by atoms with Gasteiger partial charge in [-0.2, -0.15) is 0 Å². The average molecular weight is 321 g/mol. The van der Waals surface area contributed by atoms with Gasteiger partial charge in [-0.15, -0.1) is 0 Å². The highest BCUT2D eigenvalue weighted by atomic mass is 16.7. The molecule has 0 saturated heterocycles. The molecule has 1 aliphatic rings. The molecule has 0 atom stereocenters. The summed E-state index contributed by atoms with van der Waals surface area (Å²) in [7, 11) is 0. The van der Waals surface area contributed by atoms with Crippen LogP contribution in [0.5, 0.6) is 11.5 Å². The molecule has 0 saturated carbocycles. The number of hydrogen-bond donors (Lipinski definition) is 2. The molecule has 0 unspecified atom stereocenters. The second-order valence-corrected chi connectivity index (χ2v) is 5.68. The summed E-state index contributed by atoms with van der Waals surface area (Å²) in [6.07, 6.45) is 0. The van der Waals surface area contributed by atoms with Crippen LogP contribution in [0.25, 0.3) is 0 Å². The first-order chi connectivity index (χ1) is 11.0. The van der Waals surface area contributed by atoms with Gasteiger partial charge < -0.3 is 25.0 Å². The highest BCUT2D eigenvalue weighted by Crippen LogP contribution is 2.32. The molecule has 0 spiro atoms. The lowest BCUT2D eigenvalue weighted by atomic mass is 10.2. The van der Waals surface area contributed by atoms with Crippen LogP contribution in [0.3, 0.4) is 0 Å². The molecule has 0 aliphatic carbocycles. The van der Waals surface area contributed by atoms with Crippen molar-refractivity contribution in [3.8, 4) is 11.5 Å². The fraction of sp³-hybridized carbons (Fsp3) is 0.500. The van der Waals surface area contributed by atoms with E-state index in [-0.39, 0.29) is 24.8 Å². The maximum absolute atomic E-state index is 11.8. The Morgan fingerprint density at radius 1 is 1.26 bits per heavy atom. The van der Waals surface area contributed by atoms with Crippen molar-refractivity contribution in [2.24, 2.45) is 0 Å². The summed E-state index contributed by atoms with van der Waals surface area (Å²) in [5.74, 6) is 1.37. The molecule has 126 valence electrons. The third-order valence-corrected chi connectivity index (χ3v) is 3.34. The first-order valence-corrected chi connectivity index (χ1v) is 7.64. The summed E-state index contributed by atoms with van der Waals surface area (Å²) in [6.45, 7) is 6.81. The molecule has 2 rings (SSSR count). The van der Waals surface area contributed by atoms with Gasteiger partial charge >= 0.3 is 6.03 Å². The minimum Gasteiger partial charge on any atom is -0.454 e. The zero-order chi connectivity index (χ0) is 16.8. The summed E-state index contributed by atoms with van der Waals surface area (Å²) < 4.78 is 10.6. The Morgan fingerprint density at radius 3 is 2.70 bits per heavy atom. The summed E-state index contributed by atoms with van der Waals surface area (Å²) in [6, 6.07) is 5.46. The fourth-order valence-electron chi connectivity index (χ4n) is 2.23. The van der Waals surface area contributed by atoms with E-state index in [4.69, 9.17) is 9.47 Å². The van der Waals surface area contributed by atoms with E-state index in [0.29, 0.717) is 25.4 Å². The number of hydrogen-bond acceptors (Lipinski definition) is 4. The number of urea groups is 1. The van der Waals surface area contributed by atoms with Gasteiger partial charge in [-0.05, 0) is 31.5 Å². The quantitative estimate of drug-likeness (QED) is 0.831. The molecule has 3 amide bonds. The van der Waals surface area contributed by atoms with Gasteiger partial charge in [-0.25, -0.2) is 4.79 Å². The molecule has 0 radical (unpaired) electrons. The number of nitrogens with one attached hydrogen (secondary N) is 2. The number of benzene rings is 1. The summed E-state index contributed by atoms with van der Waals surface area (Å²) >= 11 is 0. The minimum absolute atomic E-state index is 0.0475. The fourth-order valence-corrected chi connectivity index (χ4v) is 2.23. The predicted octanol–water partition coefficient (Wildman–Crippen LogP) is 1.47. The Bertz CT molecular complexity index is 574. The number of nitrogens with zero attached hydrogens (tertiary/aromatic N) is 1. The minimum atomic E-state index is -0.230. The highest BCUT2D eigenvalue weighted by Gasteiger charge is 2.16. The van der Waals surface area contributed by atoms with Gasteiger partial charge in [0.25, 0.3) is 0 Å². The molecular formula is C16H23N3O4. The van der Waals surface area contributed by atoms with Gasteiger partial charge in [0.05, 0.1) is 0 Å². The number of amides is 3. The van der Waals surface area contributed by atoms with Crippen molar-refractivity contribution in [1.82, 2.24) is 15.5 Å². The Hall–Kier alpha value is -2.44. The van der Waals surface area contributed by atoms with Crippen molar-refractivity contribution >= 4 is 11.9 Å². The third kappa shape index (κ3) is 5.05. The molecule has 7 heteroatoms. The Labute approximate surface area is 135 Å². The zero-order valence-electron chi connectivity index (χ0n) is 13.7. The zero-order valence-corrected chi connectivity index (χ0v) is 13.7. The molecule has 1 heterocycles. The topological polar surface area (TPSA) is 79.9 Å². The number of carbonyl (C=O) groups is 2. The van der Waals surface area contributed by atoms with Crippen molar-refractivity contribution in [3.05, 3.63) is 23.8 Å². The summed E-state index contributed by atoms with van der Waals surface area (Å²) in [5.41, 5.74) is 0.955. The molecule has 1 aliphatic heterocycles. The lowest BCUT2D eigenvalue weighted by Gasteiger charge is -2.22. The van der Waals surface area contributed by atoms with E-state index in [2.05, 4.69) is 10.6 Å². The lowest BCUT2D eigenvalue weighted by molar-refractivity contribution is -0.129. The number of ether oxygens (including phenoxy) is 2. The van der Waals surface area contributed by atoms with E-state index < -0.39 is 0 Å². The largest absolute Gasteiger partial charge is 0.454 e. The van der Waals surface area contributed by atoms with Crippen molar-refractivity contribution in [2.75, 3.05) is 19.9 Å². The van der Waals surface area contributed by atoms with E-state index in [1.165, 1.54) is 6.92 Å². The normalized spacial score (nSPS) is 12.2. The van der Waals surface area contributed by atoms with Crippen LogP contribution in [-0.2, 0) is 11.3 Å². The standard InChI is InChI=1S/C16H23N3O4/c1-11(2)18-16(21)17-6-7-19(12(3)20)9-13-4-5-14-15(8-13)23-10-22-14/h4-5,8,11H,6-7,9-10H2,1-3H3,(H2,17,18,21). The molecule has 0 bridgehead atoms. The molecular weight excluding hydrogens is 298 g/mol.